The molecule has 3 unspecified atom stereocenters. The van der Waals surface area contributed by atoms with Gasteiger partial charge in [-0.05, 0) is 38.0 Å². The quantitative estimate of drug-likeness (QED) is 0.364. The Kier molecular flexibility index (Phi) is 5.77. The highest BCUT2D eigenvalue weighted by molar-refractivity contribution is 9.09. The van der Waals surface area contributed by atoms with Crippen LogP contribution in [0.25, 0.3) is 0 Å². The van der Waals surface area contributed by atoms with Crippen LogP contribution in [0.3, 0.4) is 0 Å². The molecule has 0 aromatic heterocycles. The van der Waals surface area contributed by atoms with Crippen molar-refractivity contribution in [3.63, 3.8) is 0 Å². The Labute approximate surface area is 133 Å². The number of rotatable bonds is 3. The zero-order valence-electron chi connectivity index (χ0n) is 11.9. The van der Waals surface area contributed by atoms with Crippen LogP contribution in [-0.2, 0) is 0 Å². The van der Waals surface area contributed by atoms with E-state index < -0.39 is 6.04 Å². The Morgan fingerprint density at radius 1 is 1.29 bits per heavy atom. The summed E-state index contributed by atoms with van der Waals surface area (Å²) in [5, 5.41) is 30.3. The minimum absolute atomic E-state index is 0.0195. The summed E-state index contributed by atoms with van der Waals surface area (Å²) in [6.45, 7) is 0. The fourth-order valence-electron chi connectivity index (χ4n) is 3.41. The molecule has 5 nitrogen and oxygen atoms in total. The van der Waals surface area contributed by atoms with Gasteiger partial charge < -0.3 is 5.11 Å². The largest absolute Gasteiger partial charge is 0.393 e. The van der Waals surface area contributed by atoms with Gasteiger partial charge in [-0.3, -0.25) is 10.1 Å². The second-order valence-electron chi connectivity index (χ2n) is 6.17. The summed E-state index contributed by atoms with van der Waals surface area (Å²) in [5.41, 5.74) is 0.711. The second-order valence-corrected chi connectivity index (χ2v) is 7.46. The van der Waals surface area contributed by atoms with Gasteiger partial charge in [-0.1, -0.05) is 22.0 Å². The first-order valence-electron chi connectivity index (χ1n) is 7.58. The predicted octanol–water partition coefficient (Wildman–Crippen LogP) is 3.20. The van der Waals surface area contributed by atoms with Crippen LogP contribution in [0.15, 0.2) is 11.6 Å². The summed E-state index contributed by atoms with van der Waals surface area (Å²) in [4.78, 5) is 11.0. The summed E-state index contributed by atoms with van der Waals surface area (Å²) < 4.78 is 0. The molecule has 21 heavy (non-hydrogen) atoms. The molecule has 0 spiro atoms. The topological polar surface area (TPSA) is 87.2 Å². The highest BCUT2D eigenvalue weighted by atomic mass is 79.9. The lowest BCUT2D eigenvalue weighted by Crippen LogP contribution is -2.29. The van der Waals surface area contributed by atoms with E-state index in [4.69, 9.17) is 0 Å². The van der Waals surface area contributed by atoms with Crippen molar-refractivity contribution in [3.8, 4) is 6.07 Å². The van der Waals surface area contributed by atoms with Crippen LogP contribution < -0.4 is 0 Å². The molecule has 2 saturated carbocycles. The third-order valence-electron chi connectivity index (χ3n) is 4.76. The van der Waals surface area contributed by atoms with Crippen molar-refractivity contribution in [2.24, 2.45) is 11.8 Å². The summed E-state index contributed by atoms with van der Waals surface area (Å²) in [6, 6.07) is 1.81. The van der Waals surface area contributed by atoms with Crippen LogP contribution in [0, 0.1) is 33.3 Å². The number of nitriles is 1. The normalized spacial score (nSPS) is 37.8. The molecule has 0 radical (unpaired) electrons. The van der Waals surface area contributed by atoms with Crippen LogP contribution in [0.4, 0.5) is 0 Å². The maximum atomic E-state index is 10.8. The lowest BCUT2D eigenvalue weighted by molar-refractivity contribution is -0.526. The molecule has 2 rings (SSSR count). The van der Waals surface area contributed by atoms with E-state index in [1.165, 1.54) is 0 Å². The van der Waals surface area contributed by atoms with Gasteiger partial charge in [0.2, 0.25) is 6.04 Å². The Balaban J connectivity index is 2.01. The average Bonchev–Trinajstić information content (AvgIpc) is 2.48. The number of hydrogen-bond acceptors (Lipinski definition) is 4. The fraction of sp³-hybridized carbons (Fsp3) is 0.800. The lowest BCUT2D eigenvalue weighted by Gasteiger charge is -2.30. The van der Waals surface area contributed by atoms with E-state index in [-0.39, 0.29) is 22.9 Å². The first-order valence-corrected chi connectivity index (χ1v) is 8.50. The van der Waals surface area contributed by atoms with Gasteiger partial charge in [0, 0.05) is 34.1 Å². The van der Waals surface area contributed by atoms with E-state index in [0.717, 1.165) is 19.3 Å². The first-order chi connectivity index (χ1) is 10.0. The SMILES string of the molecule is N#C/C(=C\C1CC(Br)CCC1O)C1CCC([N+](=O)[O-])CC1. The monoisotopic (exact) mass is 356 g/mol. The molecule has 0 aliphatic heterocycles. The van der Waals surface area contributed by atoms with Crippen molar-refractivity contribution in [2.45, 2.75) is 61.9 Å². The summed E-state index contributed by atoms with van der Waals surface area (Å²) in [5.74, 6) is 0.139. The van der Waals surface area contributed by atoms with Crippen molar-refractivity contribution in [1.29, 1.82) is 5.26 Å². The summed E-state index contributed by atoms with van der Waals surface area (Å²) in [7, 11) is 0. The van der Waals surface area contributed by atoms with Crippen molar-refractivity contribution >= 4 is 15.9 Å². The van der Waals surface area contributed by atoms with E-state index in [1.807, 2.05) is 6.08 Å². The van der Waals surface area contributed by atoms with Crippen LogP contribution in [0.2, 0.25) is 0 Å². The van der Waals surface area contributed by atoms with Gasteiger partial charge in [0.05, 0.1) is 12.2 Å². The molecule has 2 fully saturated rings. The predicted molar refractivity (Wildman–Crippen MR) is 82.5 cm³/mol. The van der Waals surface area contributed by atoms with E-state index >= 15 is 0 Å². The highest BCUT2D eigenvalue weighted by Gasteiger charge is 2.32. The number of allylic oxidation sites excluding steroid dienone is 1. The van der Waals surface area contributed by atoms with Gasteiger partial charge in [-0.2, -0.15) is 5.26 Å². The third-order valence-corrected chi connectivity index (χ3v) is 5.59. The number of aliphatic hydroxyl groups excluding tert-OH is 1. The Bertz CT molecular complexity index is 452. The van der Waals surface area contributed by atoms with E-state index in [0.29, 0.717) is 36.1 Å². The van der Waals surface area contributed by atoms with Crippen molar-refractivity contribution in [3.05, 3.63) is 21.8 Å². The van der Waals surface area contributed by atoms with Gasteiger partial charge >= 0.3 is 0 Å². The van der Waals surface area contributed by atoms with Crippen LogP contribution in [-0.4, -0.2) is 27.0 Å². The van der Waals surface area contributed by atoms with Crippen molar-refractivity contribution in [2.75, 3.05) is 0 Å². The number of alkyl halides is 1. The van der Waals surface area contributed by atoms with Crippen molar-refractivity contribution < 1.29 is 10.0 Å². The molecule has 0 saturated heterocycles. The Morgan fingerprint density at radius 2 is 1.95 bits per heavy atom. The molecule has 0 bridgehead atoms. The maximum absolute atomic E-state index is 10.8. The van der Waals surface area contributed by atoms with Crippen LogP contribution in [0.1, 0.15) is 44.9 Å². The van der Waals surface area contributed by atoms with Crippen LogP contribution >= 0.6 is 15.9 Å². The molecule has 116 valence electrons. The summed E-state index contributed by atoms with van der Waals surface area (Å²) >= 11 is 3.59. The molecular formula is C15H21BrN2O3. The van der Waals surface area contributed by atoms with Gasteiger partial charge in [-0.15, -0.1) is 0 Å². The zero-order valence-corrected chi connectivity index (χ0v) is 13.5. The lowest BCUT2D eigenvalue weighted by atomic mass is 9.78. The van der Waals surface area contributed by atoms with Crippen molar-refractivity contribution in [1.82, 2.24) is 0 Å². The molecule has 0 aromatic carbocycles. The molecule has 2 aliphatic carbocycles. The standard InChI is InChI=1S/C15H21BrN2O3/c16-13-3-6-15(19)11(8-13)7-12(9-17)10-1-4-14(5-2-10)18(20)21/h7,10-11,13-15,19H,1-6,8H2/b12-7+. The molecular weight excluding hydrogens is 336 g/mol. The number of halogens is 1. The third kappa shape index (κ3) is 4.27. The van der Waals surface area contributed by atoms with Gasteiger partial charge in [0.15, 0.2) is 0 Å². The maximum Gasteiger partial charge on any atom is 0.213 e. The Hall–Kier alpha value is -0.930. The molecule has 0 heterocycles. The van der Waals surface area contributed by atoms with Gasteiger partial charge in [-0.25, -0.2) is 0 Å². The molecule has 1 N–H and O–H groups in total. The fourth-order valence-corrected chi connectivity index (χ4v) is 4.10. The van der Waals surface area contributed by atoms with E-state index in [1.54, 1.807) is 0 Å². The smallest absolute Gasteiger partial charge is 0.213 e. The number of hydrogen-bond donors (Lipinski definition) is 1. The second kappa shape index (κ2) is 7.37. The molecule has 3 atom stereocenters. The molecule has 0 aromatic rings. The summed E-state index contributed by atoms with van der Waals surface area (Å²) in [6.07, 6.45) is 6.60. The van der Waals surface area contributed by atoms with Gasteiger partial charge in [0.25, 0.3) is 0 Å². The number of nitro groups is 1. The van der Waals surface area contributed by atoms with Gasteiger partial charge in [0.1, 0.15) is 0 Å². The average molecular weight is 357 g/mol. The van der Waals surface area contributed by atoms with E-state index in [2.05, 4.69) is 22.0 Å². The molecule has 0 amide bonds. The number of nitrogens with zero attached hydrogens (tertiary/aromatic N) is 2. The first kappa shape index (κ1) is 16.4. The van der Waals surface area contributed by atoms with E-state index in [9.17, 15) is 20.5 Å². The minimum Gasteiger partial charge on any atom is -0.393 e. The minimum atomic E-state index is -0.451. The zero-order chi connectivity index (χ0) is 15.4. The molecule has 6 heteroatoms. The number of aliphatic hydroxyl groups is 1. The Morgan fingerprint density at radius 3 is 2.52 bits per heavy atom. The molecule has 2 aliphatic rings. The highest BCUT2D eigenvalue weighted by Crippen LogP contribution is 2.35. The van der Waals surface area contributed by atoms with Crippen LogP contribution in [0.5, 0.6) is 0 Å².